The van der Waals surface area contributed by atoms with Crippen molar-refractivity contribution < 1.29 is 4.79 Å². The summed E-state index contributed by atoms with van der Waals surface area (Å²) in [4.78, 5) is 24.8. The molecule has 1 aromatic heterocycles. The molecule has 1 aromatic carbocycles. The van der Waals surface area contributed by atoms with E-state index in [1.807, 2.05) is 19.1 Å². The molecule has 2 aromatic rings. The fourth-order valence-electron chi connectivity index (χ4n) is 3.38. The third-order valence-electron chi connectivity index (χ3n) is 4.75. The number of hydrogen-bond donors (Lipinski definition) is 1. The largest absolute Gasteiger partial charge is 0.302 e. The molecule has 0 spiro atoms. The molecule has 1 aliphatic rings. The highest BCUT2D eigenvalue weighted by Crippen LogP contribution is 2.37. The SMILES string of the molecule is CCn1[nH]cc(C(=O)c2ccc3c(c2)C(C)(C)CCC3)c1=O. The van der Waals surface area contributed by atoms with Gasteiger partial charge in [0, 0.05) is 18.3 Å². The van der Waals surface area contributed by atoms with Gasteiger partial charge in [0.1, 0.15) is 5.56 Å². The molecule has 4 nitrogen and oxygen atoms in total. The first-order chi connectivity index (χ1) is 10.4. The molecule has 22 heavy (non-hydrogen) atoms. The van der Waals surface area contributed by atoms with Gasteiger partial charge in [-0.2, -0.15) is 0 Å². The van der Waals surface area contributed by atoms with Crippen LogP contribution in [-0.4, -0.2) is 15.6 Å². The Bertz CT molecular complexity index is 781. The van der Waals surface area contributed by atoms with Gasteiger partial charge in [-0.05, 0) is 48.8 Å². The molecule has 0 saturated carbocycles. The first-order valence-electron chi connectivity index (χ1n) is 7.90. The van der Waals surface area contributed by atoms with Crippen LogP contribution >= 0.6 is 0 Å². The monoisotopic (exact) mass is 298 g/mol. The highest BCUT2D eigenvalue weighted by molar-refractivity contribution is 6.08. The van der Waals surface area contributed by atoms with Crippen LogP contribution in [0.3, 0.4) is 0 Å². The molecule has 0 radical (unpaired) electrons. The van der Waals surface area contributed by atoms with Crippen molar-refractivity contribution in [2.75, 3.05) is 0 Å². The minimum Gasteiger partial charge on any atom is -0.302 e. The fourth-order valence-corrected chi connectivity index (χ4v) is 3.38. The Kier molecular flexibility index (Phi) is 3.55. The lowest BCUT2D eigenvalue weighted by atomic mass is 9.72. The summed E-state index contributed by atoms with van der Waals surface area (Å²) in [6, 6.07) is 5.89. The number of rotatable bonds is 3. The number of aromatic nitrogens is 2. The first-order valence-corrected chi connectivity index (χ1v) is 7.90. The molecule has 0 saturated heterocycles. The van der Waals surface area contributed by atoms with E-state index in [-0.39, 0.29) is 22.3 Å². The second-order valence-corrected chi connectivity index (χ2v) is 6.68. The van der Waals surface area contributed by atoms with Crippen LogP contribution in [0.5, 0.6) is 0 Å². The van der Waals surface area contributed by atoms with E-state index in [1.54, 1.807) is 0 Å². The summed E-state index contributed by atoms with van der Waals surface area (Å²) in [7, 11) is 0. The average molecular weight is 298 g/mol. The normalized spacial score (nSPS) is 16.3. The Morgan fingerprint density at radius 3 is 2.82 bits per heavy atom. The highest BCUT2D eigenvalue weighted by atomic mass is 16.2. The van der Waals surface area contributed by atoms with E-state index in [9.17, 15) is 9.59 Å². The molecule has 0 atom stereocenters. The number of benzene rings is 1. The molecular weight excluding hydrogens is 276 g/mol. The Labute approximate surface area is 130 Å². The lowest BCUT2D eigenvalue weighted by Gasteiger charge is -2.32. The predicted molar refractivity (Wildman–Crippen MR) is 86.6 cm³/mol. The molecule has 1 aliphatic carbocycles. The molecule has 1 N–H and O–H groups in total. The highest BCUT2D eigenvalue weighted by Gasteiger charge is 2.28. The van der Waals surface area contributed by atoms with E-state index in [4.69, 9.17) is 0 Å². The van der Waals surface area contributed by atoms with E-state index >= 15 is 0 Å². The van der Waals surface area contributed by atoms with Crippen LogP contribution < -0.4 is 5.56 Å². The number of hydrogen-bond acceptors (Lipinski definition) is 2. The van der Waals surface area contributed by atoms with Crippen molar-refractivity contribution in [3.8, 4) is 0 Å². The maximum absolute atomic E-state index is 12.7. The number of nitrogens with zero attached hydrogens (tertiary/aromatic N) is 1. The minimum absolute atomic E-state index is 0.0889. The van der Waals surface area contributed by atoms with Crippen molar-refractivity contribution in [2.45, 2.75) is 52.0 Å². The Hall–Kier alpha value is -2.10. The van der Waals surface area contributed by atoms with Gasteiger partial charge >= 0.3 is 0 Å². The van der Waals surface area contributed by atoms with Gasteiger partial charge in [-0.1, -0.05) is 26.0 Å². The van der Waals surface area contributed by atoms with Crippen LogP contribution in [0.4, 0.5) is 0 Å². The van der Waals surface area contributed by atoms with Crippen molar-refractivity contribution in [1.29, 1.82) is 0 Å². The quantitative estimate of drug-likeness (QED) is 0.886. The number of nitrogens with one attached hydrogen (secondary N) is 1. The number of carbonyl (C=O) groups is 1. The number of H-pyrrole nitrogens is 1. The maximum atomic E-state index is 12.7. The van der Waals surface area contributed by atoms with Gasteiger partial charge in [0.15, 0.2) is 5.78 Å². The molecule has 3 rings (SSSR count). The zero-order valence-electron chi connectivity index (χ0n) is 13.4. The maximum Gasteiger partial charge on any atom is 0.277 e. The second kappa shape index (κ2) is 5.27. The summed E-state index contributed by atoms with van der Waals surface area (Å²) < 4.78 is 1.44. The molecule has 1 heterocycles. The second-order valence-electron chi connectivity index (χ2n) is 6.68. The third-order valence-corrected chi connectivity index (χ3v) is 4.75. The predicted octanol–water partition coefficient (Wildman–Crippen LogP) is 3.04. The van der Waals surface area contributed by atoms with Gasteiger partial charge < -0.3 is 5.10 Å². The van der Waals surface area contributed by atoms with E-state index in [2.05, 4.69) is 25.0 Å². The minimum atomic E-state index is -0.246. The molecule has 0 bridgehead atoms. The van der Waals surface area contributed by atoms with Crippen LogP contribution in [0.25, 0.3) is 0 Å². The molecule has 116 valence electrons. The van der Waals surface area contributed by atoms with Gasteiger partial charge in [-0.3, -0.25) is 14.3 Å². The topological polar surface area (TPSA) is 54.9 Å². The summed E-state index contributed by atoms with van der Waals surface area (Å²) in [5.74, 6) is -0.197. The number of aromatic amines is 1. The molecule has 4 heteroatoms. The zero-order valence-corrected chi connectivity index (χ0v) is 13.4. The Morgan fingerprint density at radius 1 is 1.36 bits per heavy atom. The number of ketones is 1. The van der Waals surface area contributed by atoms with Crippen molar-refractivity contribution in [1.82, 2.24) is 9.78 Å². The van der Waals surface area contributed by atoms with Crippen LogP contribution in [0.15, 0.2) is 29.2 Å². The molecule has 0 amide bonds. The molecular formula is C18H22N2O2. The van der Waals surface area contributed by atoms with E-state index in [0.717, 1.165) is 12.8 Å². The summed E-state index contributed by atoms with van der Waals surface area (Å²) in [6.45, 7) is 6.84. The van der Waals surface area contributed by atoms with Crippen LogP contribution in [-0.2, 0) is 18.4 Å². The molecule has 0 fully saturated rings. The van der Waals surface area contributed by atoms with Gasteiger partial charge in [0.25, 0.3) is 5.56 Å². The summed E-state index contributed by atoms with van der Waals surface area (Å²) in [6.07, 6.45) is 4.90. The molecule has 0 unspecified atom stereocenters. The number of fused-ring (bicyclic) bond motifs is 1. The van der Waals surface area contributed by atoms with E-state index in [0.29, 0.717) is 12.1 Å². The van der Waals surface area contributed by atoms with Crippen molar-refractivity contribution in [3.05, 3.63) is 57.0 Å². The third kappa shape index (κ3) is 2.32. The van der Waals surface area contributed by atoms with Crippen molar-refractivity contribution >= 4 is 5.78 Å². The fraction of sp³-hybridized carbons (Fsp3) is 0.444. The Morgan fingerprint density at radius 2 is 2.14 bits per heavy atom. The summed E-state index contributed by atoms with van der Waals surface area (Å²) in [5.41, 5.74) is 3.24. The van der Waals surface area contributed by atoms with E-state index < -0.39 is 0 Å². The van der Waals surface area contributed by atoms with Crippen molar-refractivity contribution in [2.24, 2.45) is 0 Å². The number of aryl methyl sites for hydroxylation is 2. The molecule has 0 aliphatic heterocycles. The number of carbonyl (C=O) groups excluding carboxylic acids is 1. The van der Waals surface area contributed by atoms with Crippen LogP contribution in [0.2, 0.25) is 0 Å². The average Bonchev–Trinajstić information content (AvgIpc) is 2.87. The Balaban J connectivity index is 2.04. The standard InChI is InChI=1S/C18H22N2O2/c1-4-20-17(22)14(11-19-20)16(21)13-8-7-12-6-5-9-18(2,3)15(12)10-13/h7-8,10-11,19H,4-6,9H2,1-3H3. The lowest BCUT2D eigenvalue weighted by Crippen LogP contribution is -2.25. The smallest absolute Gasteiger partial charge is 0.277 e. The van der Waals surface area contributed by atoms with Gasteiger partial charge in [-0.25, -0.2) is 0 Å². The summed E-state index contributed by atoms with van der Waals surface area (Å²) >= 11 is 0. The zero-order chi connectivity index (χ0) is 15.9. The van der Waals surface area contributed by atoms with Gasteiger partial charge in [0.05, 0.1) is 0 Å². The van der Waals surface area contributed by atoms with E-state index in [1.165, 1.54) is 28.4 Å². The first kappa shape index (κ1) is 14.8. The lowest BCUT2D eigenvalue weighted by molar-refractivity contribution is 0.103. The summed E-state index contributed by atoms with van der Waals surface area (Å²) in [5, 5.41) is 2.84. The van der Waals surface area contributed by atoms with Crippen LogP contribution in [0.1, 0.15) is 60.7 Å². The van der Waals surface area contributed by atoms with Crippen LogP contribution in [0, 0.1) is 0 Å². The van der Waals surface area contributed by atoms with Crippen molar-refractivity contribution in [3.63, 3.8) is 0 Å². The van der Waals surface area contributed by atoms with Gasteiger partial charge in [0.2, 0.25) is 0 Å². The van der Waals surface area contributed by atoms with Gasteiger partial charge in [-0.15, -0.1) is 0 Å².